The van der Waals surface area contributed by atoms with Crippen LogP contribution < -0.4 is 0 Å². The number of halogens is 3. The molecule has 0 radical (unpaired) electrons. The van der Waals surface area contributed by atoms with Gasteiger partial charge in [-0.3, -0.25) is 0 Å². The highest BCUT2D eigenvalue weighted by atomic mass is 32.2. The van der Waals surface area contributed by atoms with Crippen LogP contribution in [0.4, 0.5) is 13.2 Å². The molecule has 0 nitrogen and oxygen atoms in total. The summed E-state index contributed by atoms with van der Waals surface area (Å²) in [5, 5.41) is -1.13. The molecule has 0 heterocycles. The van der Waals surface area contributed by atoms with Gasteiger partial charge in [0, 0.05) is 0 Å². The molecule has 0 rings (SSSR count). The van der Waals surface area contributed by atoms with Crippen LogP contribution in [0, 0.1) is 0 Å². The Hall–Kier alpha value is 0.140. The summed E-state index contributed by atoms with van der Waals surface area (Å²) in [7, 11) is 0. The maximum absolute atomic E-state index is 12.4. The van der Waals surface area contributed by atoms with E-state index in [4.69, 9.17) is 0 Å². The SMILES string of the molecule is CCCC[C@H](SC(C)C)C(F)(F)F. The van der Waals surface area contributed by atoms with Crippen molar-refractivity contribution in [3.8, 4) is 0 Å². The van der Waals surface area contributed by atoms with E-state index in [9.17, 15) is 13.2 Å². The molecule has 0 fully saturated rings. The molecule has 0 amide bonds. The van der Waals surface area contributed by atoms with Crippen LogP contribution in [0.3, 0.4) is 0 Å². The van der Waals surface area contributed by atoms with Gasteiger partial charge in [-0.1, -0.05) is 33.6 Å². The van der Waals surface area contributed by atoms with Gasteiger partial charge in [-0.2, -0.15) is 13.2 Å². The Bertz CT molecular complexity index is 131. The first-order valence-corrected chi connectivity index (χ1v) is 5.54. The van der Waals surface area contributed by atoms with Crippen molar-refractivity contribution >= 4 is 11.8 Å². The van der Waals surface area contributed by atoms with Gasteiger partial charge in [-0.15, -0.1) is 11.8 Å². The number of alkyl halides is 3. The van der Waals surface area contributed by atoms with Gasteiger partial charge in [0.25, 0.3) is 0 Å². The Morgan fingerprint density at radius 2 is 1.77 bits per heavy atom. The van der Waals surface area contributed by atoms with Crippen LogP contribution in [-0.4, -0.2) is 16.7 Å². The largest absolute Gasteiger partial charge is 0.400 e. The van der Waals surface area contributed by atoms with E-state index in [1.165, 1.54) is 0 Å². The number of hydrogen-bond donors (Lipinski definition) is 0. The minimum absolute atomic E-state index is 0.0449. The van der Waals surface area contributed by atoms with Crippen LogP contribution in [0.25, 0.3) is 0 Å². The molecule has 13 heavy (non-hydrogen) atoms. The van der Waals surface area contributed by atoms with Crippen LogP contribution in [-0.2, 0) is 0 Å². The number of hydrogen-bond acceptors (Lipinski definition) is 1. The van der Waals surface area contributed by atoms with Crippen molar-refractivity contribution < 1.29 is 13.2 Å². The zero-order valence-corrected chi connectivity index (χ0v) is 9.13. The van der Waals surface area contributed by atoms with E-state index in [1.807, 2.05) is 6.92 Å². The first-order chi connectivity index (χ1) is 5.88. The summed E-state index contributed by atoms with van der Waals surface area (Å²) in [6.07, 6.45) is -2.30. The van der Waals surface area contributed by atoms with Gasteiger partial charge in [0.05, 0.1) is 0 Å². The minimum Gasteiger partial charge on any atom is -0.170 e. The first-order valence-electron chi connectivity index (χ1n) is 4.60. The highest BCUT2D eigenvalue weighted by molar-refractivity contribution is 8.00. The Kier molecular flexibility index (Phi) is 5.85. The third kappa shape index (κ3) is 6.24. The molecule has 0 aliphatic rings. The van der Waals surface area contributed by atoms with Crippen molar-refractivity contribution in [2.75, 3.05) is 0 Å². The molecular formula is C9H17F3S. The molecule has 0 aromatic rings. The number of rotatable bonds is 5. The van der Waals surface area contributed by atoms with Gasteiger partial charge in [0.1, 0.15) is 5.25 Å². The number of unbranched alkanes of at least 4 members (excludes halogenated alkanes) is 1. The Morgan fingerprint density at radius 3 is 2.08 bits per heavy atom. The average molecular weight is 214 g/mol. The fourth-order valence-electron chi connectivity index (χ4n) is 1.03. The molecule has 0 unspecified atom stereocenters. The molecule has 0 N–H and O–H groups in total. The molecule has 4 heteroatoms. The monoisotopic (exact) mass is 214 g/mol. The highest BCUT2D eigenvalue weighted by Crippen LogP contribution is 2.35. The summed E-state index contributed by atoms with van der Waals surface area (Å²) in [6, 6.07) is 0. The molecule has 0 bridgehead atoms. The van der Waals surface area contributed by atoms with E-state index in [0.717, 1.165) is 18.2 Å². The van der Waals surface area contributed by atoms with Crippen LogP contribution in [0.5, 0.6) is 0 Å². The minimum atomic E-state index is -4.04. The molecule has 80 valence electrons. The van der Waals surface area contributed by atoms with Crippen molar-refractivity contribution in [1.82, 2.24) is 0 Å². The first kappa shape index (κ1) is 13.1. The molecule has 0 saturated heterocycles. The van der Waals surface area contributed by atoms with E-state index in [-0.39, 0.29) is 11.7 Å². The standard InChI is InChI=1S/C9H17F3S/c1-4-5-6-8(9(10,11)12)13-7(2)3/h7-8H,4-6H2,1-3H3/t8-/m0/s1. The van der Waals surface area contributed by atoms with Gasteiger partial charge in [-0.05, 0) is 11.7 Å². The van der Waals surface area contributed by atoms with Gasteiger partial charge in [-0.25, -0.2) is 0 Å². The summed E-state index contributed by atoms with van der Waals surface area (Å²) in [4.78, 5) is 0. The molecule has 0 saturated carbocycles. The van der Waals surface area contributed by atoms with Crippen molar-refractivity contribution in [2.24, 2.45) is 0 Å². The van der Waals surface area contributed by atoms with Gasteiger partial charge >= 0.3 is 6.18 Å². The van der Waals surface area contributed by atoms with Gasteiger partial charge in [0.2, 0.25) is 0 Å². The van der Waals surface area contributed by atoms with Gasteiger partial charge < -0.3 is 0 Å². The van der Waals surface area contributed by atoms with Crippen LogP contribution in [0.15, 0.2) is 0 Å². The van der Waals surface area contributed by atoms with E-state index < -0.39 is 11.4 Å². The zero-order chi connectivity index (χ0) is 10.5. The molecule has 0 aliphatic carbocycles. The molecular weight excluding hydrogens is 197 g/mol. The van der Waals surface area contributed by atoms with E-state index in [1.54, 1.807) is 13.8 Å². The Labute approximate surface area is 82.3 Å². The van der Waals surface area contributed by atoms with E-state index in [0.29, 0.717) is 6.42 Å². The topological polar surface area (TPSA) is 0 Å². The predicted molar refractivity (Wildman–Crippen MR) is 52.1 cm³/mol. The van der Waals surface area contributed by atoms with Gasteiger partial charge in [0.15, 0.2) is 0 Å². The molecule has 0 spiro atoms. The molecule has 0 aromatic carbocycles. The van der Waals surface area contributed by atoms with Crippen molar-refractivity contribution in [1.29, 1.82) is 0 Å². The van der Waals surface area contributed by atoms with Crippen LogP contribution in [0.2, 0.25) is 0 Å². The highest BCUT2D eigenvalue weighted by Gasteiger charge is 2.39. The van der Waals surface area contributed by atoms with Crippen LogP contribution >= 0.6 is 11.8 Å². The third-order valence-corrected chi connectivity index (χ3v) is 3.00. The van der Waals surface area contributed by atoms with Crippen LogP contribution in [0.1, 0.15) is 40.0 Å². The maximum atomic E-state index is 12.4. The number of thioether (sulfide) groups is 1. The van der Waals surface area contributed by atoms with Crippen molar-refractivity contribution in [3.63, 3.8) is 0 Å². The average Bonchev–Trinajstić information content (AvgIpc) is 1.95. The predicted octanol–water partition coefficient (Wildman–Crippen LogP) is 4.25. The zero-order valence-electron chi connectivity index (χ0n) is 8.32. The normalized spacial score (nSPS) is 15.0. The fraction of sp³-hybridized carbons (Fsp3) is 1.00. The lowest BCUT2D eigenvalue weighted by Gasteiger charge is -2.21. The second kappa shape index (κ2) is 5.78. The summed E-state index contributed by atoms with van der Waals surface area (Å²) in [6.45, 7) is 5.51. The maximum Gasteiger partial charge on any atom is 0.400 e. The smallest absolute Gasteiger partial charge is 0.170 e. The Morgan fingerprint density at radius 1 is 1.23 bits per heavy atom. The lowest BCUT2D eigenvalue weighted by molar-refractivity contribution is -0.130. The van der Waals surface area contributed by atoms with E-state index in [2.05, 4.69) is 0 Å². The molecule has 0 aromatic heterocycles. The third-order valence-electron chi connectivity index (χ3n) is 1.62. The summed E-state index contributed by atoms with van der Waals surface area (Å²) in [5.41, 5.74) is 0. The Balaban J connectivity index is 4.03. The molecule has 1 atom stereocenters. The summed E-state index contributed by atoms with van der Waals surface area (Å²) >= 11 is 1.02. The lowest BCUT2D eigenvalue weighted by Crippen LogP contribution is -2.27. The van der Waals surface area contributed by atoms with Crippen molar-refractivity contribution in [2.45, 2.75) is 56.7 Å². The second-order valence-electron chi connectivity index (χ2n) is 3.36. The summed E-state index contributed by atoms with van der Waals surface area (Å²) in [5.74, 6) is 0. The fourth-order valence-corrected chi connectivity index (χ4v) is 2.14. The summed E-state index contributed by atoms with van der Waals surface area (Å²) < 4.78 is 37.1. The quantitative estimate of drug-likeness (QED) is 0.659. The lowest BCUT2D eigenvalue weighted by atomic mass is 10.2. The molecule has 0 aliphatic heterocycles. The van der Waals surface area contributed by atoms with E-state index >= 15 is 0 Å². The van der Waals surface area contributed by atoms with Crippen molar-refractivity contribution in [3.05, 3.63) is 0 Å². The second-order valence-corrected chi connectivity index (χ2v) is 5.14.